The van der Waals surface area contributed by atoms with E-state index in [1.54, 1.807) is 0 Å². The molecule has 116 valence electrons. The van der Waals surface area contributed by atoms with Gasteiger partial charge in [-0.2, -0.15) is 0 Å². The van der Waals surface area contributed by atoms with E-state index in [1.165, 1.54) is 38.5 Å². The quantitative estimate of drug-likeness (QED) is 0.368. The zero-order valence-corrected chi connectivity index (χ0v) is 13.6. The van der Waals surface area contributed by atoms with Crippen molar-refractivity contribution in [3.05, 3.63) is 12.2 Å². The molecule has 3 atom stereocenters. The molecular weight excluding hydrogens is 248 g/mol. The second-order valence-electron chi connectivity index (χ2n) is 5.94. The molecule has 1 heterocycles. The molecule has 1 aliphatic rings. The van der Waals surface area contributed by atoms with E-state index in [4.69, 9.17) is 0 Å². The maximum absolute atomic E-state index is 10.1. The molecule has 0 bridgehead atoms. The third-order valence-corrected chi connectivity index (χ3v) is 4.60. The lowest BCUT2D eigenvalue weighted by atomic mass is 10.1. The summed E-state index contributed by atoms with van der Waals surface area (Å²) >= 11 is 0. The number of hydrogen-bond acceptors (Lipinski definition) is 2. The van der Waals surface area contributed by atoms with Crippen LogP contribution in [0.4, 0.5) is 0 Å². The van der Waals surface area contributed by atoms with E-state index in [0.29, 0.717) is 0 Å². The van der Waals surface area contributed by atoms with Crippen molar-refractivity contribution >= 4 is 6.21 Å². The number of nitrogens with zero attached hydrogens (tertiary/aromatic N) is 2. The van der Waals surface area contributed by atoms with Gasteiger partial charge in [0.2, 0.25) is 0 Å². The van der Waals surface area contributed by atoms with Gasteiger partial charge in [-0.15, -0.1) is 0 Å². The minimum absolute atomic E-state index is 0.268. The fraction of sp³-hybridized carbons (Fsp3) is 0.824. The molecule has 0 aliphatic carbocycles. The first-order valence-corrected chi connectivity index (χ1v) is 8.38. The number of quaternary nitrogens is 1. The van der Waals surface area contributed by atoms with Crippen molar-refractivity contribution in [3.63, 3.8) is 0 Å². The van der Waals surface area contributed by atoms with Gasteiger partial charge < -0.3 is 5.11 Å². The molecule has 3 heteroatoms. The Labute approximate surface area is 125 Å². The summed E-state index contributed by atoms with van der Waals surface area (Å²) in [6, 6.07) is 0. The Morgan fingerprint density at radius 3 is 2.55 bits per heavy atom. The molecular formula is C17H33N2O+. The number of unbranched alkanes of at least 4 members (excludes halogenated alkanes) is 4. The first-order chi connectivity index (χ1) is 9.67. The van der Waals surface area contributed by atoms with Crippen LogP contribution in [0.15, 0.2) is 17.1 Å². The average molecular weight is 281 g/mol. The fourth-order valence-electron chi connectivity index (χ4n) is 3.06. The lowest BCUT2D eigenvalue weighted by molar-refractivity contribution is -0.976. The maximum Gasteiger partial charge on any atom is 0.189 e. The largest absolute Gasteiger partial charge is 0.345 e. The van der Waals surface area contributed by atoms with Crippen LogP contribution in [0, 0.1) is 0 Å². The van der Waals surface area contributed by atoms with Crippen LogP contribution >= 0.6 is 0 Å². The van der Waals surface area contributed by atoms with Gasteiger partial charge in [-0.25, -0.2) is 4.99 Å². The Hall–Kier alpha value is -0.670. The highest BCUT2D eigenvalue weighted by Crippen LogP contribution is 2.26. The normalized spacial score (nSPS) is 27.5. The van der Waals surface area contributed by atoms with Gasteiger partial charge in [0, 0.05) is 13.3 Å². The van der Waals surface area contributed by atoms with Crippen LogP contribution in [0.5, 0.6) is 0 Å². The molecule has 0 radical (unpaired) electrons. The van der Waals surface area contributed by atoms with Crippen LogP contribution in [0.1, 0.15) is 65.7 Å². The van der Waals surface area contributed by atoms with Gasteiger partial charge in [0.25, 0.3) is 0 Å². The lowest BCUT2D eigenvalue weighted by Crippen LogP contribution is -2.57. The molecule has 0 saturated heterocycles. The fourth-order valence-corrected chi connectivity index (χ4v) is 3.06. The molecule has 0 spiro atoms. The topological polar surface area (TPSA) is 32.6 Å². The van der Waals surface area contributed by atoms with Crippen molar-refractivity contribution in [3.8, 4) is 0 Å². The van der Waals surface area contributed by atoms with Crippen molar-refractivity contribution in [2.24, 2.45) is 4.99 Å². The molecule has 0 amide bonds. The Morgan fingerprint density at radius 2 is 1.95 bits per heavy atom. The molecule has 1 aliphatic heterocycles. The molecule has 3 unspecified atom stereocenters. The first kappa shape index (κ1) is 17.4. The summed E-state index contributed by atoms with van der Waals surface area (Å²) in [5.41, 5.74) is 0. The molecule has 0 fully saturated rings. The van der Waals surface area contributed by atoms with Crippen molar-refractivity contribution in [2.75, 3.05) is 13.1 Å². The number of hydrogen-bond donors (Lipinski definition) is 1. The van der Waals surface area contributed by atoms with Crippen molar-refractivity contribution in [1.29, 1.82) is 0 Å². The summed E-state index contributed by atoms with van der Waals surface area (Å²) < 4.78 is 0.729. The highest BCUT2D eigenvalue weighted by molar-refractivity contribution is 5.60. The van der Waals surface area contributed by atoms with Crippen molar-refractivity contribution in [1.82, 2.24) is 0 Å². The minimum atomic E-state index is -0.318. The van der Waals surface area contributed by atoms with E-state index < -0.39 is 0 Å². The predicted molar refractivity (Wildman–Crippen MR) is 86.8 cm³/mol. The van der Waals surface area contributed by atoms with Gasteiger partial charge in [-0.1, -0.05) is 31.9 Å². The number of aliphatic hydroxyl groups is 1. The van der Waals surface area contributed by atoms with E-state index in [9.17, 15) is 5.11 Å². The van der Waals surface area contributed by atoms with Gasteiger partial charge in [-0.05, 0) is 32.6 Å². The molecule has 0 aromatic heterocycles. The molecule has 3 nitrogen and oxygen atoms in total. The summed E-state index contributed by atoms with van der Waals surface area (Å²) in [7, 11) is 0. The van der Waals surface area contributed by atoms with Crippen LogP contribution in [-0.2, 0) is 0 Å². The Bertz CT molecular complexity index is 312. The predicted octanol–water partition coefficient (Wildman–Crippen LogP) is 3.88. The van der Waals surface area contributed by atoms with Gasteiger partial charge in [0.05, 0.1) is 12.8 Å². The van der Waals surface area contributed by atoms with E-state index in [-0.39, 0.29) is 12.4 Å². The molecule has 20 heavy (non-hydrogen) atoms. The molecule has 0 aromatic rings. The number of allylic oxidation sites excluding steroid dienone is 2. The summed E-state index contributed by atoms with van der Waals surface area (Å²) in [4.78, 5) is 4.61. The van der Waals surface area contributed by atoms with Crippen LogP contribution in [0.3, 0.4) is 0 Å². The highest BCUT2D eigenvalue weighted by atomic mass is 16.3. The lowest BCUT2D eigenvalue weighted by Gasteiger charge is -2.40. The Balaban J connectivity index is 2.24. The SMILES string of the molecule is CCCC/C=C/CCCCC1N=CC[N+]1(CC)C(C)O. The number of rotatable bonds is 10. The van der Waals surface area contributed by atoms with Crippen LogP contribution in [0.2, 0.25) is 0 Å². The monoisotopic (exact) mass is 281 g/mol. The number of aliphatic imine (C=N–C) groups is 1. The highest BCUT2D eigenvalue weighted by Gasteiger charge is 2.41. The van der Waals surface area contributed by atoms with Gasteiger partial charge >= 0.3 is 0 Å². The molecule has 0 saturated carbocycles. The van der Waals surface area contributed by atoms with E-state index >= 15 is 0 Å². The molecule has 0 aromatic carbocycles. The maximum atomic E-state index is 10.1. The van der Waals surface area contributed by atoms with Crippen molar-refractivity contribution in [2.45, 2.75) is 78.1 Å². The zero-order valence-electron chi connectivity index (χ0n) is 13.6. The van der Waals surface area contributed by atoms with E-state index in [1.807, 2.05) is 13.1 Å². The second kappa shape index (κ2) is 9.30. The second-order valence-corrected chi connectivity index (χ2v) is 5.94. The smallest absolute Gasteiger partial charge is 0.189 e. The Morgan fingerprint density at radius 1 is 1.25 bits per heavy atom. The van der Waals surface area contributed by atoms with Crippen LogP contribution in [-0.4, -0.2) is 41.3 Å². The van der Waals surface area contributed by atoms with E-state index in [0.717, 1.165) is 24.0 Å². The van der Waals surface area contributed by atoms with Crippen LogP contribution in [0.25, 0.3) is 0 Å². The zero-order chi connectivity index (χ0) is 14.8. The van der Waals surface area contributed by atoms with Gasteiger partial charge in [-0.3, -0.25) is 4.48 Å². The third kappa shape index (κ3) is 4.71. The van der Waals surface area contributed by atoms with Gasteiger partial charge in [0.1, 0.15) is 6.54 Å². The minimum Gasteiger partial charge on any atom is -0.345 e. The first-order valence-electron chi connectivity index (χ1n) is 8.38. The summed E-state index contributed by atoms with van der Waals surface area (Å²) in [6.45, 7) is 8.14. The summed E-state index contributed by atoms with van der Waals surface area (Å²) in [6.07, 6.45) is 15.1. The number of aliphatic hydroxyl groups excluding tert-OH is 1. The average Bonchev–Trinajstić information content (AvgIpc) is 2.86. The molecule has 1 N–H and O–H groups in total. The van der Waals surface area contributed by atoms with Gasteiger partial charge in [0.15, 0.2) is 12.4 Å². The third-order valence-electron chi connectivity index (χ3n) is 4.60. The summed E-state index contributed by atoms with van der Waals surface area (Å²) in [5, 5.41) is 10.1. The van der Waals surface area contributed by atoms with Crippen LogP contribution < -0.4 is 0 Å². The Kier molecular flexibility index (Phi) is 8.08. The molecule has 1 rings (SSSR count). The summed E-state index contributed by atoms with van der Waals surface area (Å²) in [5.74, 6) is 0. The standard InChI is InChI=1S/C17H33N2O/c1-4-6-7-8-9-10-11-12-13-17-18-14-15-19(17,5-2)16(3)20/h8-9,14,16-17,20H,4-7,10-13,15H2,1-3H3/q+1/b9-8+. The van der Waals surface area contributed by atoms with E-state index in [2.05, 4.69) is 31.0 Å². The van der Waals surface area contributed by atoms with Crippen molar-refractivity contribution < 1.29 is 9.59 Å².